The summed E-state index contributed by atoms with van der Waals surface area (Å²) in [5.74, 6) is -1.49. The molecule has 1 aliphatic rings. The second-order valence-electron chi connectivity index (χ2n) is 1.96. The van der Waals surface area contributed by atoms with Gasteiger partial charge in [0.2, 0.25) is 0 Å². The van der Waals surface area contributed by atoms with Crippen LogP contribution in [0.15, 0.2) is 0 Å². The molecular formula is C5H7NO4. The zero-order chi connectivity index (χ0) is 7.56. The standard InChI is InChI=1S/C5H7NO4/c7-4(8)1-3-5(9)10-2-6-3/h3,6H,1-2H2,(H,7,8)/t3-/m0/s1. The molecule has 0 saturated carbocycles. The van der Waals surface area contributed by atoms with Crippen molar-refractivity contribution in [3.63, 3.8) is 0 Å². The molecule has 1 saturated heterocycles. The van der Waals surface area contributed by atoms with Gasteiger partial charge in [0.1, 0.15) is 12.8 Å². The van der Waals surface area contributed by atoms with E-state index in [0.717, 1.165) is 0 Å². The largest absolute Gasteiger partial charge is 0.481 e. The van der Waals surface area contributed by atoms with E-state index in [2.05, 4.69) is 10.1 Å². The lowest BCUT2D eigenvalue weighted by molar-refractivity contribution is -0.144. The highest BCUT2D eigenvalue weighted by atomic mass is 16.6. The van der Waals surface area contributed by atoms with E-state index in [1.54, 1.807) is 0 Å². The molecular weight excluding hydrogens is 138 g/mol. The minimum absolute atomic E-state index is 0.122. The van der Waals surface area contributed by atoms with Crippen LogP contribution in [0.4, 0.5) is 0 Å². The van der Waals surface area contributed by atoms with Crippen molar-refractivity contribution in [2.24, 2.45) is 0 Å². The molecule has 0 unspecified atom stereocenters. The van der Waals surface area contributed by atoms with Crippen molar-refractivity contribution in [3.05, 3.63) is 0 Å². The molecule has 0 bridgehead atoms. The number of esters is 1. The number of hydrogen-bond donors (Lipinski definition) is 2. The number of carboxylic acids is 1. The van der Waals surface area contributed by atoms with Crippen LogP contribution >= 0.6 is 0 Å². The normalized spacial score (nSPS) is 24.4. The van der Waals surface area contributed by atoms with Gasteiger partial charge in [-0.05, 0) is 0 Å². The number of aliphatic carboxylic acids is 1. The van der Waals surface area contributed by atoms with E-state index >= 15 is 0 Å². The lowest BCUT2D eigenvalue weighted by Gasteiger charge is -1.98. The summed E-state index contributed by atoms with van der Waals surface area (Å²) in [5.41, 5.74) is 0. The average molecular weight is 145 g/mol. The Morgan fingerprint density at radius 3 is 3.00 bits per heavy atom. The first kappa shape index (κ1) is 7.01. The summed E-state index contributed by atoms with van der Waals surface area (Å²) >= 11 is 0. The molecule has 56 valence electrons. The van der Waals surface area contributed by atoms with E-state index in [1.807, 2.05) is 0 Å². The highest BCUT2D eigenvalue weighted by Gasteiger charge is 2.27. The molecule has 0 spiro atoms. The number of cyclic esters (lactones) is 1. The summed E-state index contributed by atoms with van der Waals surface area (Å²) < 4.78 is 4.45. The molecule has 0 amide bonds. The maximum atomic E-state index is 10.6. The zero-order valence-electron chi connectivity index (χ0n) is 5.16. The van der Waals surface area contributed by atoms with Crippen molar-refractivity contribution in [1.29, 1.82) is 0 Å². The Balaban J connectivity index is 2.40. The summed E-state index contributed by atoms with van der Waals surface area (Å²) in [6.07, 6.45) is -0.209. The Bertz CT molecular complexity index is 167. The van der Waals surface area contributed by atoms with E-state index in [0.29, 0.717) is 0 Å². The lowest BCUT2D eigenvalue weighted by atomic mass is 10.2. The minimum Gasteiger partial charge on any atom is -0.481 e. The van der Waals surface area contributed by atoms with Crippen LogP contribution in [0, 0.1) is 0 Å². The third kappa shape index (κ3) is 1.44. The van der Waals surface area contributed by atoms with Crippen molar-refractivity contribution in [3.8, 4) is 0 Å². The number of rotatable bonds is 2. The highest BCUT2D eigenvalue weighted by molar-refractivity contribution is 5.83. The fourth-order valence-electron chi connectivity index (χ4n) is 0.727. The van der Waals surface area contributed by atoms with Gasteiger partial charge in [0, 0.05) is 0 Å². The molecule has 0 aromatic carbocycles. The Hall–Kier alpha value is -1.10. The smallest absolute Gasteiger partial charge is 0.325 e. The molecule has 1 aliphatic heterocycles. The molecule has 0 radical (unpaired) electrons. The molecule has 0 aromatic rings. The average Bonchev–Trinajstić information content (AvgIpc) is 2.15. The minimum atomic E-state index is -1.00. The first-order valence-corrected chi connectivity index (χ1v) is 2.82. The second-order valence-corrected chi connectivity index (χ2v) is 1.96. The fourth-order valence-corrected chi connectivity index (χ4v) is 0.727. The quantitative estimate of drug-likeness (QED) is 0.484. The summed E-state index contributed by atoms with van der Waals surface area (Å²) in [7, 11) is 0. The number of nitrogens with one attached hydrogen (secondary N) is 1. The van der Waals surface area contributed by atoms with Crippen LogP contribution in [-0.4, -0.2) is 29.8 Å². The monoisotopic (exact) mass is 145 g/mol. The molecule has 5 heteroatoms. The van der Waals surface area contributed by atoms with E-state index in [4.69, 9.17) is 5.11 Å². The fraction of sp³-hybridized carbons (Fsp3) is 0.600. The van der Waals surface area contributed by atoms with Gasteiger partial charge in [-0.1, -0.05) is 0 Å². The van der Waals surface area contributed by atoms with Gasteiger partial charge in [0.15, 0.2) is 0 Å². The zero-order valence-corrected chi connectivity index (χ0v) is 5.16. The van der Waals surface area contributed by atoms with Crippen LogP contribution in [0.3, 0.4) is 0 Å². The van der Waals surface area contributed by atoms with Gasteiger partial charge < -0.3 is 9.84 Å². The molecule has 0 aliphatic carbocycles. The van der Waals surface area contributed by atoms with Crippen LogP contribution in [-0.2, 0) is 14.3 Å². The summed E-state index contributed by atoms with van der Waals surface area (Å²) in [4.78, 5) is 20.6. The Kier molecular flexibility index (Phi) is 1.86. The van der Waals surface area contributed by atoms with Crippen LogP contribution in [0.25, 0.3) is 0 Å². The van der Waals surface area contributed by atoms with E-state index in [1.165, 1.54) is 0 Å². The van der Waals surface area contributed by atoms with Crippen molar-refractivity contribution in [2.75, 3.05) is 6.73 Å². The second kappa shape index (κ2) is 2.66. The Morgan fingerprint density at radius 2 is 2.60 bits per heavy atom. The van der Waals surface area contributed by atoms with Crippen molar-refractivity contribution < 1.29 is 19.4 Å². The maximum absolute atomic E-state index is 10.6. The molecule has 1 fully saturated rings. The van der Waals surface area contributed by atoms with Gasteiger partial charge in [-0.25, -0.2) is 0 Å². The van der Waals surface area contributed by atoms with Gasteiger partial charge >= 0.3 is 11.9 Å². The summed E-state index contributed by atoms with van der Waals surface area (Å²) in [5, 5.41) is 10.8. The maximum Gasteiger partial charge on any atom is 0.325 e. The molecule has 0 aromatic heterocycles. The van der Waals surface area contributed by atoms with Gasteiger partial charge in [-0.3, -0.25) is 14.9 Å². The van der Waals surface area contributed by atoms with E-state index in [9.17, 15) is 9.59 Å². The number of hydrogen-bond acceptors (Lipinski definition) is 4. The van der Waals surface area contributed by atoms with Gasteiger partial charge in [0.05, 0.1) is 6.42 Å². The molecule has 5 nitrogen and oxygen atoms in total. The van der Waals surface area contributed by atoms with Crippen LogP contribution in [0.2, 0.25) is 0 Å². The first-order chi connectivity index (χ1) is 4.70. The topological polar surface area (TPSA) is 75.6 Å². The van der Waals surface area contributed by atoms with Crippen molar-refractivity contribution in [1.82, 2.24) is 5.32 Å². The van der Waals surface area contributed by atoms with E-state index in [-0.39, 0.29) is 13.2 Å². The number of carbonyl (C=O) groups excluding carboxylic acids is 1. The van der Waals surface area contributed by atoms with E-state index < -0.39 is 18.0 Å². The predicted octanol–water partition coefficient (Wildman–Crippen LogP) is -1.07. The third-order valence-electron chi connectivity index (χ3n) is 1.21. The van der Waals surface area contributed by atoms with Gasteiger partial charge in [0.25, 0.3) is 0 Å². The Labute approximate surface area is 57.0 Å². The number of ether oxygens (including phenoxy) is 1. The van der Waals surface area contributed by atoms with Crippen molar-refractivity contribution in [2.45, 2.75) is 12.5 Å². The van der Waals surface area contributed by atoms with Gasteiger partial charge in [-0.2, -0.15) is 0 Å². The highest BCUT2D eigenvalue weighted by Crippen LogP contribution is 2.00. The number of carboxylic acid groups (broad SMARTS) is 1. The van der Waals surface area contributed by atoms with Crippen LogP contribution < -0.4 is 5.32 Å². The van der Waals surface area contributed by atoms with Gasteiger partial charge in [-0.15, -0.1) is 0 Å². The predicted molar refractivity (Wildman–Crippen MR) is 30.1 cm³/mol. The molecule has 10 heavy (non-hydrogen) atoms. The summed E-state index contributed by atoms with van der Waals surface area (Å²) in [6, 6.07) is -0.655. The number of carbonyl (C=O) groups is 2. The third-order valence-corrected chi connectivity index (χ3v) is 1.21. The van der Waals surface area contributed by atoms with Crippen molar-refractivity contribution >= 4 is 11.9 Å². The first-order valence-electron chi connectivity index (χ1n) is 2.82. The lowest BCUT2D eigenvalue weighted by Crippen LogP contribution is -2.29. The summed E-state index contributed by atoms with van der Waals surface area (Å²) in [6.45, 7) is 0.122. The van der Waals surface area contributed by atoms with Crippen LogP contribution in [0.1, 0.15) is 6.42 Å². The van der Waals surface area contributed by atoms with Crippen LogP contribution in [0.5, 0.6) is 0 Å². The molecule has 1 atom stereocenters. The Morgan fingerprint density at radius 1 is 1.90 bits per heavy atom. The molecule has 1 rings (SSSR count). The SMILES string of the molecule is O=C(O)C[C@@H]1NCOC1=O. The molecule has 1 heterocycles. The molecule has 2 N–H and O–H groups in total.